The van der Waals surface area contributed by atoms with E-state index in [1.54, 1.807) is 36.3 Å². The number of hydrogen-bond acceptors (Lipinski definition) is 7. The van der Waals surface area contributed by atoms with E-state index in [0.29, 0.717) is 35.3 Å². The quantitative estimate of drug-likeness (QED) is 0.563. The number of methoxy groups -OCH3 is 2. The Morgan fingerprint density at radius 2 is 1.81 bits per heavy atom. The topological polar surface area (TPSA) is 108 Å². The number of halogens is 1. The van der Waals surface area contributed by atoms with Gasteiger partial charge in [-0.3, -0.25) is 19.0 Å². The Morgan fingerprint density at radius 1 is 1.06 bits per heavy atom. The van der Waals surface area contributed by atoms with Crippen LogP contribution in [0.3, 0.4) is 0 Å². The van der Waals surface area contributed by atoms with Gasteiger partial charge in [-0.1, -0.05) is 11.6 Å². The number of nitrogens with zero attached hydrogens (tertiary/aromatic N) is 4. The van der Waals surface area contributed by atoms with Gasteiger partial charge in [-0.25, -0.2) is 4.68 Å². The van der Waals surface area contributed by atoms with Gasteiger partial charge in [0.2, 0.25) is 11.9 Å². The van der Waals surface area contributed by atoms with Gasteiger partial charge in [0.15, 0.2) is 0 Å². The fourth-order valence-electron chi connectivity index (χ4n) is 3.44. The number of amides is 1. The predicted molar refractivity (Wildman–Crippen MR) is 119 cm³/mol. The third-order valence-corrected chi connectivity index (χ3v) is 5.25. The van der Waals surface area contributed by atoms with Crippen LogP contribution in [0.5, 0.6) is 11.5 Å². The zero-order valence-electron chi connectivity index (χ0n) is 17.4. The Kier molecular flexibility index (Phi) is 5.87. The Labute approximate surface area is 187 Å². The number of ether oxygens (including phenoxy) is 2. The number of fused-ring (bicyclic) bond motifs is 1. The van der Waals surface area contributed by atoms with E-state index < -0.39 is 23.6 Å². The van der Waals surface area contributed by atoms with E-state index in [9.17, 15) is 14.4 Å². The third kappa shape index (κ3) is 4.04. The molecule has 0 spiro atoms. The summed E-state index contributed by atoms with van der Waals surface area (Å²) in [7, 11) is 3.03. The van der Waals surface area contributed by atoms with Gasteiger partial charge in [-0.15, -0.1) is 5.10 Å². The van der Waals surface area contributed by atoms with E-state index in [1.807, 2.05) is 12.1 Å². The molecule has 1 aromatic heterocycles. The van der Waals surface area contributed by atoms with E-state index in [-0.39, 0.29) is 5.95 Å². The Bertz CT molecular complexity index is 1290. The number of carbonyl (C=O) groups is 1. The summed E-state index contributed by atoms with van der Waals surface area (Å²) in [6, 6.07) is 12.0. The molecular formula is C21H20ClN5O5. The molecule has 2 heterocycles. The molecule has 1 amide bonds. The van der Waals surface area contributed by atoms with Crippen molar-refractivity contribution in [3.05, 3.63) is 68.2 Å². The fraction of sp³-hybridized carbons (Fsp3) is 0.238. The number of benzene rings is 2. The second-order valence-electron chi connectivity index (χ2n) is 6.96. The van der Waals surface area contributed by atoms with Crippen molar-refractivity contribution in [1.29, 1.82) is 0 Å². The van der Waals surface area contributed by atoms with Crippen LogP contribution in [0.2, 0.25) is 5.02 Å². The average molecular weight is 458 g/mol. The van der Waals surface area contributed by atoms with E-state index >= 15 is 0 Å². The monoisotopic (exact) mass is 457 g/mol. The molecule has 4 rings (SSSR count). The maximum atomic E-state index is 12.6. The Balaban J connectivity index is 1.63. The molecule has 0 radical (unpaired) electrons. The van der Waals surface area contributed by atoms with E-state index in [2.05, 4.69) is 10.4 Å². The van der Waals surface area contributed by atoms with Crippen LogP contribution < -0.4 is 30.8 Å². The highest BCUT2D eigenvalue weighted by atomic mass is 35.5. The first kappa shape index (κ1) is 21.4. The van der Waals surface area contributed by atoms with Crippen LogP contribution in [-0.2, 0) is 17.9 Å². The summed E-state index contributed by atoms with van der Waals surface area (Å²) in [5, 5.41) is 7.34. The summed E-state index contributed by atoms with van der Waals surface area (Å²) < 4.78 is 12.6. The lowest BCUT2D eigenvalue weighted by molar-refractivity contribution is -0.117. The number of carbonyl (C=O) groups excluding carboxylic acids is 1. The van der Waals surface area contributed by atoms with E-state index in [0.717, 1.165) is 10.4 Å². The Hall–Kier alpha value is -3.79. The van der Waals surface area contributed by atoms with Gasteiger partial charge in [0.05, 0.1) is 19.9 Å². The molecule has 0 saturated heterocycles. The maximum Gasteiger partial charge on any atom is 0.333 e. The number of aromatic nitrogens is 3. The molecule has 32 heavy (non-hydrogen) atoms. The molecule has 2 aromatic carbocycles. The molecule has 1 N–H and O–H groups in total. The molecule has 1 aliphatic rings. The molecule has 3 aromatic rings. The summed E-state index contributed by atoms with van der Waals surface area (Å²) in [5.74, 6) is 0.825. The first-order chi connectivity index (χ1) is 15.4. The lowest BCUT2D eigenvalue weighted by Crippen LogP contribution is -2.44. The molecule has 0 bridgehead atoms. The van der Waals surface area contributed by atoms with Gasteiger partial charge >= 0.3 is 11.1 Å². The zero-order chi connectivity index (χ0) is 22.8. The zero-order valence-corrected chi connectivity index (χ0v) is 18.1. The second kappa shape index (κ2) is 8.75. The predicted octanol–water partition coefficient (Wildman–Crippen LogP) is 1.87. The number of hydrogen-bond donors (Lipinski definition) is 1. The highest BCUT2D eigenvalue weighted by Crippen LogP contribution is 2.29. The third-order valence-electron chi connectivity index (χ3n) is 5.02. The first-order valence-corrected chi connectivity index (χ1v) is 10.1. The smallest absolute Gasteiger partial charge is 0.333 e. The van der Waals surface area contributed by atoms with Crippen LogP contribution in [0.15, 0.2) is 52.1 Å². The average Bonchev–Trinajstić information content (AvgIpc) is 3.21. The van der Waals surface area contributed by atoms with Crippen LogP contribution in [0.1, 0.15) is 0 Å². The highest BCUT2D eigenvalue weighted by molar-refractivity contribution is 6.31. The number of nitrogens with one attached hydrogen (secondary N) is 1. The fourth-order valence-corrected chi connectivity index (χ4v) is 3.61. The van der Waals surface area contributed by atoms with Crippen molar-refractivity contribution >= 4 is 34.8 Å². The molecular weight excluding hydrogens is 438 g/mol. The Morgan fingerprint density at radius 3 is 2.50 bits per heavy atom. The van der Waals surface area contributed by atoms with Gasteiger partial charge < -0.3 is 19.7 Å². The van der Waals surface area contributed by atoms with E-state index in [4.69, 9.17) is 21.1 Å². The van der Waals surface area contributed by atoms with Crippen LogP contribution in [0, 0.1) is 0 Å². The molecule has 0 atom stereocenters. The van der Waals surface area contributed by atoms with Crippen molar-refractivity contribution < 1.29 is 14.3 Å². The molecule has 166 valence electrons. The van der Waals surface area contributed by atoms with Gasteiger partial charge in [0.1, 0.15) is 18.0 Å². The van der Waals surface area contributed by atoms with Gasteiger partial charge in [0.25, 0.3) is 0 Å². The van der Waals surface area contributed by atoms with Crippen molar-refractivity contribution in [2.45, 2.75) is 13.1 Å². The van der Waals surface area contributed by atoms with Crippen molar-refractivity contribution in [3.8, 4) is 11.5 Å². The molecule has 0 fully saturated rings. The number of anilines is 3. The highest BCUT2D eigenvalue weighted by Gasteiger charge is 2.26. The van der Waals surface area contributed by atoms with Gasteiger partial charge in [-0.2, -0.15) is 0 Å². The molecule has 10 nitrogen and oxygen atoms in total. The van der Waals surface area contributed by atoms with Gasteiger partial charge in [-0.05, 0) is 42.5 Å². The summed E-state index contributed by atoms with van der Waals surface area (Å²) in [6.07, 6.45) is 0. The summed E-state index contributed by atoms with van der Waals surface area (Å²) in [6.45, 7) is 0.327. The van der Waals surface area contributed by atoms with Crippen LogP contribution >= 0.6 is 11.6 Å². The molecule has 0 saturated carbocycles. The lowest BCUT2D eigenvalue weighted by Gasteiger charge is -2.18. The SMILES string of the molecule is COc1ccc(N2CCn3c2nn(CC(=O)Nc2cc(Cl)ccc2OC)c(=O)c3=O)cc1. The lowest BCUT2D eigenvalue weighted by atomic mass is 10.3. The summed E-state index contributed by atoms with van der Waals surface area (Å²) in [5.41, 5.74) is -0.490. The molecule has 0 aliphatic carbocycles. The summed E-state index contributed by atoms with van der Waals surface area (Å²) in [4.78, 5) is 39.5. The standard InChI is InChI=1S/C21H20ClN5O5/c1-31-15-6-4-14(5-7-15)25-9-10-26-19(29)20(30)27(24-21(25)26)12-18(28)23-16-11-13(22)3-8-17(16)32-2/h3-8,11H,9-10,12H2,1-2H3,(H,23,28). The minimum absolute atomic E-state index is 0.285. The molecule has 11 heteroatoms. The molecule has 0 unspecified atom stereocenters. The van der Waals surface area contributed by atoms with Crippen molar-refractivity contribution in [2.75, 3.05) is 31.0 Å². The van der Waals surface area contributed by atoms with E-state index in [1.165, 1.54) is 17.7 Å². The number of rotatable bonds is 6. The summed E-state index contributed by atoms with van der Waals surface area (Å²) >= 11 is 5.99. The second-order valence-corrected chi connectivity index (χ2v) is 7.40. The van der Waals surface area contributed by atoms with Crippen LogP contribution in [0.4, 0.5) is 17.3 Å². The van der Waals surface area contributed by atoms with Crippen molar-refractivity contribution in [1.82, 2.24) is 14.3 Å². The molecule has 1 aliphatic heterocycles. The minimum Gasteiger partial charge on any atom is -0.497 e. The minimum atomic E-state index is -0.876. The van der Waals surface area contributed by atoms with Crippen molar-refractivity contribution in [3.63, 3.8) is 0 Å². The maximum absolute atomic E-state index is 12.6. The van der Waals surface area contributed by atoms with Crippen LogP contribution in [-0.4, -0.2) is 41.0 Å². The normalized spacial score (nSPS) is 12.4. The van der Waals surface area contributed by atoms with Crippen LogP contribution in [0.25, 0.3) is 0 Å². The van der Waals surface area contributed by atoms with Gasteiger partial charge in [0, 0.05) is 23.8 Å². The largest absolute Gasteiger partial charge is 0.497 e. The first-order valence-electron chi connectivity index (χ1n) is 9.68. The van der Waals surface area contributed by atoms with Crippen molar-refractivity contribution in [2.24, 2.45) is 0 Å².